The fourth-order valence-corrected chi connectivity index (χ4v) is 2.96. The largest absolute Gasteiger partial charge is 0.496 e. The molecule has 100 valence electrons. The molecule has 1 fully saturated rings. The first-order valence-electron chi connectivity index (χ1n) is 6.42. The second kappa shape index (κ2) is 4.53. The van der Waals surface area contributed by atoms with Crippen LogP contribution < -0.4 is 10.5 Å². The van der Waals surface area contributed by atoms with Crippen LogP contribution in [-0.4, -0.2) is 13.7 Å². The van der Waals surface area contributed by atoms with E-state index in [0.29, 0.717) is 6.54 Å². The molecule has 1 saturated carbocycles. The Labute approximate surface area is 118 Å². The van der Waals surface area contributed by atoms with Crippen molar-refractivity contribution in [3.05, 3.63) is 27.7 Å². The molecule has 0 atom stereocenters. The Morgan fingerprint density at radius 3 is 2.33 bits per heavy atom. The summed E-state index contributed by atoms with van der Waals surface area (Å²) in [7, 11) is 1.76. The molecule has 0 bridgehead atoms. The monoisotopic (exact) mass is 311 g/mol. The van der Waals surface area contributed by atoms with Crippen LogP contribution in [0.3, 0.4) is 0 Å². The third kappa shape index (κ3) is 2.30. The number of methoxy groups -OCH3 is 1. The topological polar surface area (TPSA) is 35.2 Å². The average Bonchev–Trinajstić information content (AvgIpc) is 3.07. The Balaban J connectivity index is 2.63. The summed E-state index contributed by atoms with van der Waals surface area (Å²) in [5.41, 5.74) is 8.69. The van der Waals surface area contributed by atoms with Gasteiger partial charge in [-0.3, -0.25) is 0 Å². The molecular formula is C15H22BrNO. The van der Waals surface area contributed by atoms with Crippen LogP contribution in [0.15, 0.2) is 16.6 Å². The lowest BCUT2D eigenvalue weighted by Gasteiger charge is -2.27. The lowest BCUT2D eigenvalue weighted by molar-refractivity contribution is 0.387. The van der Waals surface area contributed by atoms with E-state index in [-0.39, 0.29) is 10.8 Å². The van der Waals surface area contributed by atoms with E-state index >= 15 is 0 Å². The lowest BCUT2D eigenvalue weighted by Crippen LogP contribution is -2.23. The fraction of sp³-hybridized carbons (Fsp3) is 0.600. The molecule has 0 radical (unpaired) electrons. The van der Waals surface area contributed by atoms with E-state index in [1.807, 2.05) is 0 Å². The number of ether oxygens (including phenoxy) is 1. The number of rotatable bonds is 3. The van der Waals surface area contributed by atoms with Crippen LogP contribution in [0, 0.1) is 0 Å². The highest BCUT2D eigenvalue weighted by atomic mass is 79.9. The zero-order valence-corrected chi connectivity index (χ0v) is 13.2. The predicted molar refractivity (Wildman–Crippen MR) is 79.4 cm³/mol. The standard InChI is InChI=1S/C15H22BrNO/c1-14(2,3)11-7-10(16)8-12(13(11)18-4)15(9-17)5-6-15/h7-8H,5-6,9,17H2,1-4H3. The molecule has 0 aromatic heterocycles. The summed E-state index contributed by atoms with van der Waals surface area (Å²) in [6.07, 6.45) is 2.33. The highest BCUT2D eigenvalue weighted by Gasteiger charge is 2.46. The minimum Gasteiger partial charge on any atom is -0.496 e. The summed E-state index contributed by atoms with van der Waals surface area (Å²) in [5, 5.41) is 0. The first-order valence-corrected chi connectivity index (χ1v) is 7.22. The van der Waals surface area contributed by atoms with Crippen LogP contribution in [0.1, 0.15) is 44.7 Å². The van der Waals surface area contributed by atoms with Crippen molar-refractivity contribution in [1.82, 2.24) is 0 Å². The maximum absolute atomic E-state index is 5.96. The minimum atomic E-state index is 0.0640. The number of nitrogens with two attached hydrogens (primary N) is 1. The van der Waals surface area contributed by atoms with Gasteiger partial charge < -0.3 is 10.5 Å². The van der Waals surface area contributed by atoms with Gasteiger partial charge in [-0.15, -0.1) is 0 Å². The van der Waals surface area contributed by atoms with Gasteiger partial charge in [0, 0.05) is 27.6 Å². The van der Waals surface area contributed by atoms with E-state index in [0.717, 1.165) is 10.2 Å². The van der Waals surface area contributed by atoms with E-state index in [9.17, 15) is 0 Å². The highest BCUT2D eigenvalue weighted by Crippen LogP contribution is 2.53. The molecule has 0 aliphatic heterocycles. The molecular weight excluding hydrogens is 290 g/mol. The van der Waals surface area contributed by atoms with Crippen LogP contribution in [0.5, 0.6) is 5.75 Å². The quantitative estimate of drug-likeness (QED) is 0.922. The third-order valence-electron chi connectivity index (χ3n) is 3.88. The summed E-state index contributed by atoms with van der Waals surface area (Å²) in [5.74, 6) is 1.02. The Hall–Kier alpha value is -0.540. The molecule has 3 heteroatoms. The summed E-state index contributed by atoms with van der Waals surface area (Å²) < 4.78 is 6.82. The zero-order chi connectivity index (χ0) is 13.6. The van der Waals surface area contributed by atoms with Crippen LogP contribution in [0.4, 0.5) is 0 Å². The van der Waals surface area contributed by atoms with Gasteiger partial charge in [0.2, 0.25) is 0 Å². The van der Waals surface area contributed by atoms with E-state index < -0.39 is 0 Å². The molecule has 2 rings (SSSR count). The van der Waals surface area contributed by atoms with Gasteiger partial charge in [-0.25, -0.2) is 0 Å². The van der Waals surface area contributed by atoms with Crippen molar-refractivity contribution in [3.63, 3.8) is 0 Å². The number of benzene rings is 1. The Kier molecular flexibility index (Phi) is 3.50. The van der Waals surface area contributed by atoms with E-state index in [4.69, 9.17) is 10.5 Å². The Morgan fingerprint density at radius 2 is 1.94 bits per heavy atom. The van der Waals surface area contributed by atoms with E-state index in [1.165, 1.54) is 24.0 Å². The van der Waals surface area contributed by atoms with Crippen molar-refractivity contribution in [2.75, 3.05) is 13.7 Å². The first kappa shape index (κ1) is 13.9. The van der Waals surface area contributed by atoms with Crippen molar-refractivity contribution in [1.29, 1.82) is 0 Å². The number of hydrogen-bond donors (Lipinski definition) is 1. The molecule has 18 heavy (non-hydrogen) atoms. The molecule has 0 heterocycles. The van der Waals surface area contributed by atoms with Crippen LogP contribution in [0.2, 0.25) is 0 Å². The Bertz CT molecular complexity index is 458. The van der Waals surface area contributed by atoms with Gasteiger partial charge in [-0.05, 0) is 30.4 Å². The summed E-state index contributed by atoms with van der Waals surface area (Å²) in [6, 6.07) is 4.34. The molecule has 1 aliphatic carbocycles. The molecule has 2 N–H and O–H groups in total. The fourth-order valence-electron chi connectivity index (χ4n) is 2.50. The molecule has 0 amide bonds. The summed E-state index contributed by atoms with van der Waals surface area (Å²) in [4.78, 5) is 0. The van der Waals surface area contributed by atoms with Gasteiger partial charge in [0.1, 0.15) is 5.75 Å². The molecule has 1 aromatic rings. The Morgan fingerprint density at radius 1 is 1.33 bits per heavy atom. The van der Waals surface area contributed by atoms with Crippen molar-refractivity contribution >= 4 is 15.9 Å². The second-order valence-electron chi connectivity index (χ2n) is 6.27. The average molecular weight is 312 g/mol. The van der Waals surface area contributed by atoms with E-state index in [1.54, 1.807) is 7.11 Å². The molecule has 2 nitrogen and oxygen atoms in total. The van der Waals surface area contributed by atoms with Gasteiger partial charge in [-0.2, -0.15) is 0 Å². The second-order valence-corrected chi connectivity index (χ2v) is 7.18. The number of hydrogen-bond acceptors (Lipinski definition) is 2. The lowest BCUT2D eigenvalue weighted by atomic mass is 9.82. The highest BCUT2D eigenvalue weighted by molar-refractivity contribution is 9.10. The van der Waals surface area contributed by atoms with Crippen LogP contribution >= 0.6 is 15.9 Å². The SMILES string of the molecule is COc1c(C(C)(C)C)cc(Br)cc1C1(CN)CC1. The van der Waals surface area contributed by atoms with Gasteiger partial charge in [0.25, 0.3) is 0 Å². The molecule has 1 aliphatic rings. The van der Waals surface area contributed by atoms with Crippen molar-refractivity contribution in [3.8, 4) is 5.75 Å². The van der Waals surface area contributed by atoms with Crippen molar-refractivity contribution in [2.45, 2.75) is 44.4 Å². The minimum absolute atomic E-state index is 0.0640. The molecule has 0 spiro atoms. The summed E-state index contributed by atoms with van der Waals surface area (Å²) in [6.45, 7) is 7.33. The van der Waals surface area contributed by atoms with Gasteiger partial charge in [-0.1, -0.05) is 36.7 Å². The summed E-state index contributed by atoms with van der Waals surface area (Å²) >= 11 is 3.62. The van der Waals surface area contributed by atoms with E-state index in [2.05, 4.69) is 48.8 Å². The van der Waals surface area contributed by atoms with Crippen molar-refractivity contribution in [2.24, 2.45) is 5.73 Å². The maximum Gasteiger partial charge on any atom is 0.126 e. The van der Waals surface area contributed by atoms with Crippen LogP contribution in [0.25, 0.3) is 0 Å². The molecule has 0 unspecified atom stereocenters. The van der Waals surface area contributed by atoms with Gasteiger partial charge in [0.15, 0.2) is 0 Å². The molecule has 0 saturated heterocycles. The normalized spacial score (nSPS) is 17.7. The smallest absolute Gasteiger partial charge is 0.126 e. The third-order valence-corrected chi connectivity index (χ3v) is 4.34. The van der Waals surface area contributed by atoms with Crippen LogP contribution in [-0.2, 0) is 10.8 Å². The zero-order valence-electron chi connectivity index (χ0n) is 11.6. The number of halogens is 1. The van der Waals surface area contributed by atoms with Gasteiger partial charge in [0.05, 0.1) is 7.11 Å². The predicted octanol–water partition coefficient (Wildman–Crippen LogP) is 3.75. The maximum atomic E-state index is 5.96. The van der Waals surface area contributed by atoms with Gasteiger partial charge >= 0.3 is 0 Å². The van der Waals surface area contributed by atoms with Crippen molar-refractivity contribution < 1.29 is 4.74 Å². The molecule has 1 aromatic carbocycles. The first-order chi connectivity index (χ1) is 8.34.